The summed E-state index contributed by atoms with van der Waals surface area (Å²) in [6.45, 7) is 0. The number of hydrogen-bond acceptors (Lipinski definition) is 2. The largest absolute Gasteiger partial charge is 0.456 e. The van der Waals surface area contributed by atoms with E-state index in [2.05, 4.69) is 155 Å². The van der Waals surface area contributed by atoms with E-state index in [1.807, 2.05) is 12.1 Å². The van der Waals surface area contributed by atoms with Crippen LogP contribution in [0.25, 0.3) is 99.2 Å². The highest BCUT2D eigenvalue weighted by molar-refractivity contribution is 6.20. The molecular formula is C44H26N2O2. The van der Waals surface area contributed by atoms with Crippen molar-refractivity contribution in [2.24, 2.45) is 0 Å². The molecule has 4 aromatic heterocycles. The summed E-state index contributed by atoms with van der Waals surface area (Å²) in [5, 5.41) is 8.16. The minimum atomic E-state index is 0.855. The average Bonchev–Trinajstić information content (AvgIpc) is 3.88. The van der Waals surface area contributed by atoms with E-state index >= 15 is 0 Å². The highest BCUT2D eigenvalue weighted by Gasteiger charge is 2.20. The third-order valence-electron chi connectivity index (χ3n) is 9.94. The molecule has 0 spiro atoms. The van der Waals surface area contributed by atoms with Crippen LogP contribution in [0, 0.1) is 0 Å². The van der Waals surface area contributed by atoms with Gasteiger partial charge in [-0.15, -0.1) is 0 Å². The summed E-state index contributed by atoms with van der Waals surface area (Å²) in [4.78, 5) is 0. The topological polar surface area (TPSA) is 36.1 Å². The van der Waals surface area contributed by atoms with Gasteiger partial charge in [-0.2, -0.15) is 0 Å². The lowest BCUT2D eigenvalue weighted by molar-refractivity contribution is 0.645. The molecule has 4 heteroatoms. The van der Waals surface area contributed by atoms with Crippen LogP contribution in [-0.4, -0.2) is 9.13 Å². The second-order valence-electron chi connectivity index (χ2n) is 12.5. The average molecular weight is 615 g/mol. The Morgan fingerprint density at radius 1 is 0.333 bits per heavy atom. The van der Waals surface area contributed by atoms with Crippen LogP contribution in [-0.2, 0) is 0 Å². The Balaban J connectivity index is 1.05. The number of para-hydroxylation sites is 4. The van der Waals surface area contributed by atoms with Crippen LogP contribution in [0.1, 0.15) is 0 Å². The molecule has 4 heterocycles. The Kier molecular flexibility index (Phi) is 5.08. The Morgan fingerprint density at radius 2 is 0.854 bits per heavy atom. The second kappa shape index (κ2) is 9.50. The van der Waals surface area contributed by atoms with Gasteiger partial charge in [-0.05, 0) is 77.9 Å². The van der Waals surface area contributed by atoms with E-state index in [9.17, 15) is 0 Å². The van der Waals surface area contributed by atoms with Crippen LogP contribution in [0.15, 0.2) is 167 Å². The fourth-order valence-electron chi connectivity index (χ4n) is 7.78. The number of nitrogens with zero attached hydrogens (tertiary/aromatic N) is 2. The van der Waals surface area contributed by atoms with Gasteiger partial charge in [0.05, 0.1) is 21.9 Å². The second-order valence-corrected chi connectivity index (χ2v) is 12.5. The lowest BCUT2D eigenvalue weighted by Crippen LogP contribution is -1.93. The van der Waals surface area contributed by atoms with Crippen molar-refractivity contribution < 1.29 is 8.83 Å². The van der Waals surface area contributed by atoms with E-state index in [1.54, 1.807) is 0 Å². The quantitative estimate of drug-likeness (QED) is 0.198. The maximum Gasteiger partial charge on any atom is 0.213 e. The van der Waals surface area contributed by atoms with Crippen molar-refractivity contribution in [1.82, 2.24) is 9.13 Å². The van der Waals surface area contributed by atoms with E-state index < -0.39 is 0 Å². The first-order valence-corrected chi connectivity index (χ1v) is 16.3. The molecule has 0 saturated carbocycles. The van der Waals surface area contributed by atoms with Crippen molar-refractivity contribution >= 4 is 76.7 Å². The van der Waals surface area contributed by atoms with E-state index in [0.717, 1.165) is 72.0 Å². The maximum atomic E-state index is 6.50. The SMILES string of the molecule is c1ccc2c(c1)oc1c2c2ccccc2n1-c1ccc2oc3ccc(-c4ccc(-n5c6ccccc6c6ccccc65)cc4)cc3c2c1. The minimum Gasteiger partial charge on any atom is -0.456 e. The number of rotatable bonds is 3. The van der Waals surface area contributed by atoms with Gasteiger partial charge < -0.3 is 13.4 Å². The lowest BCUT2D eigenvalue weighted by atomic mass is 10.0. The summed E-state index contributed by atoms with van der Waals surface area (Å²) in [7, 11) is 0. The standard InChI is InChI=1S/C44H26N2O2/c1-5-13-37-31(9-1)32-10-2-6-14-38(32)45(37)29-20-17-27(18-21-29)28-19-23-41-35(25-28)36-26-30(22-24-42(36)47-41)46-39-15-7-3-11-33(39)43-34-12-4-8-16-40(34)48-44(43)46/h1-26H. The summed E-state index contributed by atoms with van der Waals surface area (Å²) in [5.41, 5.74) is 11.5. The number of aromatic nitrogens is 2. The Morgan fingerprint density at radius 3 is 1.58 bits per heavy atom. The zero-order valence-electron chi connectivity index (χ0n) is 25.7. The van der Waals surface area contributed by atoms with E-state index in [0.29, 0.717) is 0 Å². The zero-order chi connectivity index (χ0) is 31.3. The molecule has 224 valence electrons. The van der Waals surface area contributed by atoms with Gasteiger partial charge in [-0.3, -0.25) is 4.57 Å². The number of benzene rings is 7. The summed E-state index contributed by atoms with van der Waals surface area (Å²) in [5.74, 6) is 0. The van der Waals surface area contributed by atoms with Crippen molar-refractivity contribution in [3.05, 3.63) is 158 Å². The number of fused-ring (bicyclic) bond motifs is 11. The van der Waals surface area contributed by atoms with Crippen LogP contribution in [0.3, 0.4) is 0 Å². The Labute approximate surface area is 274 Å². The number of hydrogen-bond donors (Lipinski definition) is 0. The van der Waals surface area contributed by atoms with Gasteiger partial charge in [0.25, 0.3) is 0 Å². The third kappa shape index (κ3) is 3.49. The summed E-state index contributed by atoms with van der Waals surface area (Å²) in [6, 6.07) is 55.9. The van der Waals surface area contributed by atoms with E-state index in [1.165, 1.54) is 27.2 Å². The van der Waals surface area contributed by atoms with Crippen molar-refractivity contribution in [1.29, 1.82) is 0 Å². The Hall–Kier alpha value is -6.52. The van der Waals surface area contributed by atoms with Crippen LogP contribution in [0.4, 0.5) is 0 Å². The molecule has 0 aliphatic carbocycles. The van der Waals surface area contributed by atoms with Gasteiger partial charge >= 0.3 is 0 Å². The Bertz CT molecular complexity index is 3010. The van der Waals surface area contributed by atoms with Gasteiger partial charge in [0.1, 0.15) is 16.7 Å². The summed E-state index contributed by atoms with van der Waals surface area (Å²) >= 11 is 0. The zero-order valence-corrected chi connectivity index (χ0v) is 25.7. The van der Waals surface area contributed by atoms with Crippen LogP contribution in [0.5, 0.6) is 0 Å². The van der Waals surface area contributed by atoms with Gasteiger partial charge in [0, 0.05) is 43.7 Å². The van der Waals surface area contributed by atoms with Gasteiger partial charge in [-0.25, -0.2) is 0 Å². The molecule has 11 rings (SSSR count). The third-order valence-corrected chi connectivity index (χ3v) is 9.94. The van der Waals surface area contributed by atoms with E-state index in [-0.39, 0.29) is 0 Å². The van der Waals surface area contributed by atoms with E-state index in [4.69, 9.17) is 8.83 Å². The van der Waals surface area contributed by atoms with Crippen molar-refractivity contribution in [2.75, 3.05) is 0 Å². The first-order valence-electron chi connectivity index (χ1n) is 16.3. The highest BCUT2D eigenvalue weighted by atomic mass is 16.3. The van der Waals surface area contributed by atoms with Gasteiger partial charge in [0.15, 0.2) is 0 Å². The van der Waals surface area contributed by atoms with Crippen molar-refractivity contribution in [3.63, 3.8) is 0 Å². The maximum absolute atomic E-state index is 6.50. The van der Waals surface area contributed by atoms with Gasteiger partial charge in [0.2, 0.25) is 5.71 Å². The minimum absolute atomic E-state index is 0.855. The molecule has 0 bridgehead atoms. The molecule has 48 heavy (non-hydrogen) atoms. The summed E-state index contributed by atoms with van der Waals surface area (Å²) < 4.78 is 17.4. The molecule has 0 fully saturated rings. The smallest absolute Gasteiger partial charge is 0.213 e. The van der Waals surface area contributed by atoms with Crippen LogP contribution < -0.4 is 0 Å². The molecule has 0 amide bonds. The molecule has 0 unspecified atom stereocenters. The first kappa shape index (κ1) is 25.6. The first-order chi connectivity index (χ1) is 23.8. The molecule has 4 nitrogen and oxygen atoms in total. The molecule has 0 N–H and O–H groups in total. The van der Waals surface area contributed by atoms with Crippen molar-refractivity contribution in [3.8, 4) is 22.5 Å². The molecule has 0 atom stereocenters. The monoisotopic (exact) mass is 614 g/mol. The number of furan rings is 2. The molecule has 0 radical (unpaired) electrons. The molecule has 0 aliphatic heterocycles. The fraction of sp³-hybridized carbons (Fsp3) is 0. The molecule has 0 saturated heterocycles. The molecule has 7 aromatic carbocycles. The normalized spacial score (nSPS) is 12.2. The predicted molar refractivity (Wildman–Crippen MR) is 198 cm³/mol. The lowest BCUT2D eigenvalue weighted by Gasteiger charge is -2.09. The highest BCUT2D eigenvalue weighted by Crippen LogP contribution is 2.41. The summed E-state index contributed by atoms with van der Waals surface area (Å²) in [6.07, 6.45) is 0. The van der Waals surface area contributed by atoms with Crippen LogP contribution in [0.2, 0.25) is 0 Å². The van der Waals surface area contributed by atoms with Gasteiger partial charge in [-0.1, -0.05) is 91.0 Å². The molecule has 11 aromatic rings. The fourth-order valence-corrected chi connectivity index (χ4v) is 7.78. The molecule has 0 aliphatic rings. The predicted octanol–water partition coefficient (Wildman–Crippen LogP) is 12.2. The molecular weight excluding hydrogens is 588 g/mol. The van der Waals surface area contributed by atoms with Crippen LogP contribution >= 0.6 is 0 Å². The van der Waals surface area contributed by atoms with Crippen molar-refractivity contribution in [2.45, 2.75) is 0 Å².